The van der Waals surface area contributed by atoms with E-state index in [9.17, 15) is 0 Å². The van der Waals surface area contributed by atoms with Crippen LogP contribution in [0.2, 0.25) is 0 Å². The first-order chi connectivity index (χ1) is 23.5. The second kappa shape index (κ2) is 11.9. The van der Waals surface area contributed by atoms with Gasteiger partial charge in [-0.15, -0.1) is 35.7 Å². The van der Waals surface area contributed by atoms with E-state index >= 15 is 0 Å². The molecule has 7 heteroatoms. The van der Waals surface area contributed by atoms with E-state index in [1.54, 1.807) is 10.9 Å². The Hall–Kier alpha value is -5.45. The molecule has 0 radical (unpaired) electrons. The number of fused-ring (bicyclic) bond motifs is 6. The van der Waals surface area contributed by atoms with Gasteiger partial charge in [-0.05, 0) is 79.2 Å². The molecule has 0 amide bonds. The molecule has 0 unspecified atom stereocenters. The van der Waals surface area contributed by atoms with Crippen LogP contribution in [0.5, 0.6) is 11.5 Å². The summed E-state index contributed by atoms with van der Waals surface area (Å²) in [5.41, 5.74) is 11.4. The molecule has 0 aliphatic rings. The molecule has 0 aliphatic heterocycles. The van der Waals surface area contributed by atoms with Crippen molar-refractivity contribution in [3.05, 3.63) is 150 Å². The summed E-state index contributed by atoms with van der Waals surface area (Å²) in [6.07, 6.45) is 5.55. The molecular formula is C42H31N5OPt. The molecule has 0 spiro atoms. The molecule has 49 heavy (non-hydrogen) atoms. The van der Waals surface area contributed by atoms with E-state index in [1.807, 2.05) is 42.7 Å². The quantitative estimate of drug-likeness (QED) is 0.163. The van der Waals surface area contributed by atoms with Crippen molar-refractivity contribution in [1.29, 1.82) is 0 Å². The van der Waals surface area contributed by atoms with E-state index in [1.165, 1.54) is 44.1 Å². The van der Waals surface area contributed by atoms with Crippen LogP contribution in [0.15, 0.2) is 116 Å². The van der Waals surface area contributed by atoms with Crippen molar-refractivity contribution in [1.82, 2.24) is 23.9 Å². The van der Waals surface area contributed by atoms with Gasteiger partial charge in [-0.2, -0.15) is 17.2 Å². The third-order valence-corrected chi connectivity index (χ3v) is 9.64. The molecule has 0 bridgehead atoms. The zero-order chi connectivity index (χ0) is 32.5. The van der Waals surface area contributed by atoms with Crippen molar-refractivity contribution in [2.75, 3.05) is 0 Å². The fourth-order valence-electron chi connectivity index (χ4n) is 6.98. The first-order valence-electron chi connectivity index (χ1n) is 16.1. The normalized spacial score (nSPS) is 11.5. The van der Waals surface area contributed by atoms with Gasteiger partial charge in [0.1, 0.15) is 5.82 Å². The number of pyridine rings is 1. The largest absolute Gasteiger partial charge is 2.00 e. The maximum Gasteiger partial charge on any atom is 2.00 e. The van der Waals surface area contributed by atoms with E-state index in [4.69, 9.17) is 9.72 Å². The zero-order valence-electron chi connectivity index (χ0n) is 27.4. The molecule has 0 saturated heterocycles. The first kappa shape index (κ1) is 30.9. The van der Waals surface area contributed by atoms with Gasteiger partial charge >= 0.3 is 21.1 Å². The number of aromatic nitrogens is 5. The average Bonchev–Trinajstić information content (AvgIpc) is 3.84. The molecule has 0 saturated carbocycles. The standard InChI is InChI=1S/C42H31N5O.Pt/c1-26-13-16-36-37-17-14-27(2)29(4)42(37)46(41(36)28(26)3)31-19-21-43-40(24-31)47-38-12-6-5-11-34(38)35-18-15-33(25-39(35)47)48-32-10-7-9-30(23-32)45-22-8-20-44-45;/h5-22,24H,1-4H3;/q-2;+2. The van der Waals surface area contributed by atoms with E-state index in [0.29, 0.717) is 11.5 Å². The summed E-state index contributed by atoms with van der Waals surface area (Å²) in [5.74, 6) is 1.99. The number of benzene rings is 5. The molecule has 5 aromatic carbocycles. The molecule has 9 rings (SSSR count). The summed E-state index contributed by atoms with van der Waals surface area (Å²) in [7, 11) is 0. The van der Waals surface area contributed by atoms with Gasteiger partial charge in [0, 0.05) is 52.4 Å². The summed E-state index contributed by atoms with van der Waals surface area (Å²) in [4.78, 5) is 4.96. The van der Waals surface area contributed by atoms with Crippen LogP contribution in [0.25, 0.3) is 60.8 Å². The molecule has 0 N–H and O–H groups in total. The summed E-state index contributed by atoms with van der Waals surface area (Å²) >= 11 is 0. The minimum Gasteiger partial charge on any atom is -0.509 e. The number of hydrogen-bond donors (Lipinski definition) is 0. The summed E-state index contributed by atoms with van der Waals surface area (Å²) in [5, 5.41) is 9.06. The average molecular weight is 817 g/mol. The maximum atomic E-state index is 6.35. The minimum atomic E-state index is 0. The Kier molecular flexibility index (Phi) is 7.50. The van der Waals surface area contributed by atoms with Gasteiger partial charge in [-0.3, -0.25) is 4.68 Å². The maximum absolute atomic E-state index is 6.35. The second-order valence-electron chi connectivity index (χ2n) is 12.4. The Morgan fingerprint density at radius 2 is 1.33 bits per heavy atom. The van der Waals surface area contributed by atoms with Gasteiger partial charge in [0.25, 0.3) is 0 Å². The molecule has 0 aliphatic carbocycles. The molecule has 0 fully saturated rings. The van der Waals surface area contributed by atoms with Gasteiger partial charge in [-0.1, -0.05) is 48.0 Å². The summed E-state index contributed by atoms with van der Waals surface area (Å²) < 4.78 is 12.7. The second-order valence-corrected chi connectivity index (χ2v) is 12.4. The Morgan fingerprint density at radius 1 is 0.612 bits per heavy atom. The number of hydrogen-bond acceptors (Lipinski definition) is 3. The van der Waals surface area contributed by atoms with Crippen LogP contribution in [0, 0.1) is 39.8 Å². The number of rotatable bonds is 5. The van der Waals surface area contributed by atoms with Gasteiger partial charge in [0.2, 0.25) is 0 Å². The van der Waals surface area contributed by atoms with Crippen LogP contribution in [0.1, 0.15) is 22.3 Å². The first-order valence-corrected chi connectivity index (χ1v) is 16.1. The fourth-order valence-corrected chi connectivity index (χ4v) is 6.98. The Labute approximate surface area is 298 Å². The van der Waals surface area contributed by atoms with Crippen molar-refractivity contribution in [3.8, 4) is 28.7 Å². The molecule has 0 atom stereocenters. The van der Waals surface area contributed by atoms with Crippen molar-refractivity contribution in [2.24, 2.45) is 0 Å². The third kappa shape index (κ3) is 4.89. The van der Waals surface area contributed by atoms with Crippen LogP contribution >= 0.6 is 0 Å². The van der Waals surface area contributed by atoms with Crippen molar-refractivity contribution >= 4 is 43.6 Å². The smallest absolute Gasteiger partial charge is 0.509 e. The molecule has 9 aromatic rings. The van der Waals surface area contributed by atoms with E-state index in [2.05, 4.69) is 121 Å². The Bertz CT molecular complexity index is 2640. The summed E-state index contributed by atoms with van der Waals surface area (Å²) in [6.45, 7) is 8.82. The summed E-state index contributed by atoms with van der Waals surface area (Å²) in [6, 6.07) is 40.4. The fraction of sp³-hybridized carbons (Fsp3) is 0.0952. The van der Waals surface area contributed by atoms with Gasteiger partial charge in [0.05, 0.1) is 16.7 Å². The SMILES string of the molecule is Cc1ccc2c3ccc(C)c(C)c3n(-c3ccnc(-n4c5[c-]c(Oc6[c-]c(-n7cccn7)ccc6)ccc5c5ccccc54)c3)c2c1C.[Pt+2]. The van der Waals surface area contributed by atoms with Crippen molar-refractivity contribution in [2.45, 2.75) is 27.7 Å². The third-order valence-electron chi connectivity index (χ3n) is 9.64. The van der Waals surface area contributed by atoms with Gasteiger partial charge in [0.15, 0.2) is 0 Å². The number of aryl methyl sites for hydroxylation is 4. The number of ether oxygens (including phenoxy) is 1. The molecule has 6 nitrogen and oxygen atoms in total. The minimum absolute atomic E-state index is 0. The molecular weight excluding hydrogens is 786 g/mol. The topological polar surface area (TPSA) is 49.8 Å². The van der Waals surface area contributed by atoms with Crippen molar-refractivity contribution < 1.29 is 25.8 Å². The molecule has 4 heterocycles. The van der Waals surface area contributed by atoms with Crippen LogP contribution < -0.4 is 4.74 Å². The molecule has 4 aromatic heterocycles. The Morgan fingerprint density at radius 3 is 2.06 bits per heavy atom. The van der Waals surface area contributed by atoms with Crippen molar-refractivity contribution in [3.63, 3.8) is 0 Å². The van der Waals surface area contributed by atoms with E-state index in [0.717, 1.165) is 39.0 Å². The predicted molar refractivity (Wildman–Crippen MR) is 193 cm³/mol. The Balaban J connectivity index is 0.00000348. The van der Waals surface area contributed by atoms with Gasteiger partial charge in [-0.25, -0.2) is 4.98 Å². The van der Waals surface area contributed by atoms with Crippen LogP contribution in [0.3, 0.4) is 0 Å². The van der Waals surface area contributed by atoms with Gasteiger partial charge < -0.3 is 13.9 Å². The molecule has 240 valence electrons. The number of nitrogens with zero attached hydrogens (tertiary/aromatic N) is 5. The van der Waals surface area contributed by atoms with Crippen LogP contribution in [-0.4, -0.2) is 23.9 Å². The zero-order valence-corrected chi connectivity index (χ0v) is 29.7. The van der Waals surface area contributed by atoms with Crippen LogP contribution in [0.4, 0.5) is 0 Å². The number of para-hydroxylation sites is 1. The van der Waals surface area contributed by atoms with Crippen LogP contribution in [-0.2, 0) is 21.1 Å². The van der Waals surface area contributed by atoms with E-state index in [-0.39, 0.29) is 21.1 Å². The monoisotopic (exact) mass is 816 g/mol. The van der Waals surface area contributed by atoms with E-state index < -0.39 is 0 Å². The predicted octanol–water partition coefficient (Wildman–Crippen LogP) is 10.1.